The molecule has 0 saturated carbocycles. The molecular formula is C12H16O. The first-order valence-corrected chi connectivity index (χ1v) is 4.74. The third-order valence-corrected chi connectivity index (χ3v) is 2.53. The highest BCUT2D eigenvalue weighted by molar-refractivity contribution is 5.67. The summed E-state index contributed by atoms with van der Waals surface area (Å²) in [5.74, 6) is 2.24. The summed E-state index contributed by atoms with van der Waals surface area (Å²) in [6, 6.07) is 2.21. The molecule has 0 bridgehead atoms. The van der Waals surface area contributed by atoms with Crippen LogP contribution in [0.15, 0.2) is 6.07 Å². The molecule has 1 aliphatic rings. The lowest BCUT2D eigenvalue weighted by Crippen LogP contribution is -2.11. The monoisotopic (exact) mass is 176 g/mol. The largest absolute Gasteiger partial charge is 0.449 e. The van der Waals surface area contributed by atoms with Crippen LogP contribution in [0.5, 0.6) is 11.5 Å². The highest BCUT2D eigenvalue weighted by atomic mass is 16.6. The SMILES string of the molecule is Cc1cc(C)c(C(C)(C)C)c2c1O2. The molecule has 0 atom stereocenters. The van der Waals surface area contributed by atoms with Crippen LogP contribution in [0.4, 0.5) is 0 Å². The van der Waals surface area contributed by atoms with E-state index in [1.54, 1.807) is 0 Å². The summed E-state index contributed by atoms with van der Waals surface area (Å²) in [5.41, 5.74) is 4.17. The normalized spacial score (nSPS) is 13.6. The van der Waals surface area contributed by atoms with Crippen molar-refractivity contribution in [2.24, 2.45) is 0 Å². The van der Waals surface area contributed by atoms with Crippen molar-refractivity contribution in [2.75, 3.05) is 0 Å². The minimum atomic E-state index is 0.193. The van der Waals surface area contributed by atoms with Crippen molar-refractivity contribution in [1.82, 2.24) is 0 Å². The molecule has 0 fully saturated rings. The Morgan fingerprint density at radius 3 is 2.15 bits per heavy atom. The molecule has 2 rings (SSSR count). The Hall–Kier alpha value is -0.980. The van der Waals surface area contributed by atoms with Crippen LogP contribution in [0.3, 0.4) is 0 Å². The fraction of sp³-hybridized carbons (Fsp3) is 0.500. The van der Waals surface area contributed by atoms with E-state index < -0.39 is 0 Å². The van der Waals surface area contributed by atoms with E-state index in [2.05, 4.69) is 40.7 Å². The van der Waals surface area contributed by atoms with Gasteiger partial charge < -0.3 is 4.74 Å². The van der Waals surface area contributed by atoms with Gasteiger partial charge in [0.15, 0.2) is 11.5 Å². The molecule has 0 amide bonds. The zero-order chi connectivity index (χ0) is 9.80. The number of hydrogen-bond donors (Lipinski definition) is 0. The second kappa shape index (κ2) is 2.28. The zero-order valence-corrected chi connectivity index (χ0v) is 8.99. The van der Waals surface area contributed by atoms with Gasteiger partial charge in [-0.15, -0.1) is 0 Å². The average molecular weight is 176 g/mol. The van der Waals surface area contributed by atoms with E-state index in [0.29, 0.717) is 0 Å². The van der Waals surface area contributed by atoms with E-state index in [4.69, 9.17) is 4.74 Å². The van der Waals surface area contributed by atoms with Gasteiger partial charge in [0.25, 0.3) is 0 Å². The zero-order valence-electron chi connectivity index (χ0n) is 8.99. The lowest BCUT2D eigenvalue weighted by molar-refractivity contribution is 0.562. The van der Waals surface area contributed by atoms with Crippen LogP contribution < -0.4 is 4.74 Å². The van der Waals surface area contributed by atoms with Crippen molar-refractivity contribution in [3.63, 3.8) is 0 Å². The highest BCUT2D eigenvalue weighted by Gasteiger charge is 2.34. The summed E-state index contributed by atoms with van der Waals surface area (Å²) in [5, 5.41) is 0. The standard InChI is InChI=1S/C12H16O/c1-7-6-8(2)10-11(13-10)9(7)12(3,4)5/h6H,1-5H3. The number of benzene rings is 1. The van der Waals surface area contributed by atoms with E-state index in [9.17, 15) is 0 Å². The minimum Gasteiger partial charge on any atom is -0.449 e. The van der Waals surface area contributed by atoms with Crippen molar-refractivity contribution in [2.45, 2.75) is 40.0 Å². The van der Waals surface area contributed by atoms with Gasteiger partial charge >= 0.3 is 0 Å². The Morgan fingerprint density at radius 1 is 1.00 bits per heavy atom. The molecular weight excluding hydrogens is 160 g/mol. The quantitative estimate of drug-likeness (QED) is 0.557. The Balaban J connectivity index is 2.63. The Morgan fingerprint density at radius 2 is 1.62 bits per heavy atom. The lowest BCUT2D eigenvalue weighted by atomic mass is 9.83. The van der Waals surface area contributed by atoms with Gasteiger partial charge in [-0.2, -0.15) is 0 Å². The van der Waals surface area contributed by atoms with Crippen molar-refractivity contribution in [1.29, 1.82) is 0 Å². The fourth-order valence-electron chi connectivity index (χ4n) is 2.07. The van der Waals surface area contributed by atoms with Gasteiger partial charge in [0.1, 0.15) is 0 Å². The van der Waals surface area contributed by atoms with Gasteiger partial charge in [-0.3, -0.25) is 0 Å². The summed E-state index contributed by atoms with van der Waals surface area (Å²) in [4.78, 5) is 0. The van der Waals surface area contributed by atoms with Crippen LogP contribution >= 0.6 is 0 Å². The van der Waals surface area contributed by atoms with Crippen LogP contribution in [0, 0.1) is 13.8 Å². The van der Waals surface area contributed by atoms with E-state index in [1.807, 2.05) is 0 Å². The van der Waals surface area contributed by atoms with E-state index in [1.165, 1.54) is 16.7 Å². The molecule has 0 radical (unpaired) electrons. The molecule has 13 heavy (non-hydrogen) atoms. The van der Waals surface area contributed by atoms with Gasteiger partial charge in [0.2, 0.25) is 0 Å². The van der Waals surface area contributed by atoms with Crippen molar-refractivity contribution < 1.29 is 4.74 Å². The fourth-order valence-corrected chi connectivity index (χ4v) is 2.07. The Kier molecular flexibility index (Phi) is 1.51. The maximum Gasteiger partial charge on any atom is 0.174 e. The first kappa shape index (κ1) is 8.61. The highest BCUT2D eigenvalue weighted by Crippen LogP contribution is 2.55. The minimum absolute atomic E-state index is 0.193. The van der Waals surface area contributed by atoms with Gasteiger partial charge in [0, 0.05) is 5.56 Å². The van der Waals surface area contributed by atoms with Crippen LogP contribution in [0.2, 0.25) is 0 Å². The molecule has 70 valence electrons. The Bertz CT molecular complexity index is 366. The third-order valence-electron chi connectivity index (χ3n) is 2.53. The summed E-state index contributed by atoms with van der Waals surface area (Å²) in [7, 11) is 0. The van der Waals surface area contributed by atoms with Crippen LogP contribution in [0.25, 0.3) is 0 Å². The molecule has 1 heterocycles. The van der Waals surface area contributed by atoms with Crippen molar-refractivity contribution >= 4 is 0 Å². The smallest absolute Gasteiger partial charge is 0.174 e. The number of ether oxygens (including phenoxy) is 1. The summed E-state index contributed by atoms with van der Waals surface area (Å²) < 4.78 is 5.51. The predicted molar refractivity (Wildman–Crippen MR) is 54.7 cm³/mol. The molecule has 0 N–H and O–H groups in total. The van der Waals surface area contributed by atoms with Crippen LogP contribution in [-0.4, -0.2) is 0 Å². The van der Waals surface area contributed by atoms with Crippen molar-refractivity contribution in [3.8, 4) is 11.5 Å². The number of hydrogen-bond acceptors (Lipinski definition) is 1. The maximum atomic E-state index is 5.51. The van der Waals surface area contributed by atoms with E-state index >= 15 is 0 Å². The van der Waals surface area contributed by atoms with Gasteiger partial charge in [-0.1, -0.05) is 26.8 Å². The van der Waals surface area contributed by atoms with E-state index in [-0.39, 0.29) is 5.41 Å². The first-order valence-electron chi connectivity index (χ1n) is 4.74. The lowest BCUT2D eigenvalue weighted by Gasteiger charge is -2.19. The van der Waals surface area contributed by atoms with Crippen LogP contribution in [0.1, 0.15) is 37.5 Å². The van der Waals surface area contributed by atoms with Gasteiger partial charge in [0.05, 0.1) is 0 Å². The average Bonchev–Trinajstić information content (AvgIpc) is 2.62. The van der Waals surface area contributed by atoms with Crippen LogP contribution in [-0.2, 0) is 5.41 Å². The molecule has 1 aromatic rings. The molecule has 0 aromatic heterocycles. The number of aryl methyl sites for hydroxylation is 2. The summed E-state index contributed by atoms with van der Waals surface area (Å²) in [6.45, 7) is 11.0. The molecule has 1 nitrogen and oxygen atoms in total. The van der Waals surface area contributed by atoms with Gasteiger partial charge in [-0.05, 0) is 30.4 Å². The molecule has 0 saturated heterocycles. The number of fused-ring (bicyclic) bond motifs is 1. The maximum absolute atomic E-state index is 5.51. The molecule has 1 aliphatic heterocycles. The summed E-state index contributed by atoms with van der Waals surface area (Å²) in [6.07, 6.45) is 0. The summed E-state index contributed by atoms with van der Waals surface area (Å²) >= 11 is 0. The molecule has 0 unspecified atom stereocenters. The molecule has 1 aromatic carbocycles. The first-order chi connectivity index (χ1) is 5.91. The second-order valence-electron chi connectivity index (χ2n) is 4.90. The molecule has 0 spiro atoms. The van der Waals surface area contributed by atoms with Gasteiger partial charge in [-0.25, -0.2) is 0 Å². The topological polar surface area (TPSA) is 12.5 Å². The third kappa shape index (κ3) is 1.23. The molecule has 1 heteroatoms. The number of rotatable bonds is 0. The second-order valence-corrected chi connectivity index (χ2v) is 4.90. The Labute approximate surface area is 79.7 Å². The van der Waals surface area contributed by atoms with E-state index in [0.717, 1.165) is 11.5 Å². The molecule has 0 aliphatic carbocycles. The predicted octanol–water partition coefficient (Wildman–Crippen LogP) is 3.71. The van der Waals surface area contributed by atoms with Crippen molar-refractivity contribution in [3.05, 3.63) is 22.8 Å².